The molecule has 0 amide bonds. The summed E-state index contributed by atoms with van der Waals surface area (Å²) in [5.41, 5.74) is 5.63. The van der Waals surface area contributed by atoms with Gasteiger partial charge in [0.05, 0.1) is 11.4 Å². The van der Waals surface area contributed by atoms with Gasteiger partial charge in [0.1, 0.15) is 5.75 Å². The van der Waals surface area contributed by atoms with Crippen molar-refractivity contribution >= 4 is 21.6 Å². The maximum atomic E-state index is 10.6. The Morgan fingerprint density at radius 1 is 1.38 bits per heavy atom. The smallest absolute Gasteiger partial charge is 0.296 e. The number of benzene rings is 1. The first-order valence-corrected chi connectivity index (χ1v) is 4.82. The van der Waals surface area contributed by atoms with Crippen molar-refractivity contribution in [2.45, 2.75) is 0 Å². The Kier molecular flexibility index (Phi) is 2.30. The minimum Gasteiger partial charge on any atom is -0.508 e. The normalized spacial score (nSPS) is 11.2. The number of hydrogen-bond acceptors (Lipinski definition) is 4. The molecule has 0 aliphatic heterocycles. The van der Waals surface area contributed by atoms with Crippen molar-refractivity contribution in [3.05, 3.63) is 18.2 Å². The van der Waals surface area contributed by atoms with Crippen LogP contribution in [0.2, 0.25) is 0 Å². The molecule has 7 heteroatoms. The van der Waals surface area contributed by atoms with E-state index in [4.69, 9.17) is 16.0 Å². The molecule has 6 nitrogen and oxygen atoms in total. The SMILES string of the molecule is Nc1cc(O)ccc1NS(N)(=O)=O. The van der Waals surface area contributed by atoms with Gasteiger partial charge in [-0.25, -0.2) is 5.14 Å². The Labute approximate surface area is 75.4 Å². The highest BCUT2D eigenvalue weighted by atomic mass is 32.2. The summed E-state index contributed by atoms with van der Waals surface area (Å²) in [6, 6.07) is 3.83. The lowest BCUT2D eigenvalue weighted by atomic mass is 10.2. The average Bonchev–Trinajstić information content (AvgIpc) is 1.93. The van der Waals surface area contributed by atoms with Gasteiger partial charge in [-0.2, -0.15) is 8.42 Å². The molecule has 0 fully saturated rings. The predicted octanol–water partition coefficient (Wildman–Crippen LogP) is -0.410. The van der Waals surface area contributed by atoms with Crippen molar-refractivity contribution in [3.8, 4) is 5.75 Å². The molecule has 13 heavy (non-hydrogen) atoms. The lowest BCUT2D eigenvalue weighted by Gasteiger charge is -2.06. The van der Waals surface area contributed by atoms with E-state index in [9.17, 15) is 8.42 Å². The van der Waals surface area contributed by atoms with Crippen LogP contribution in [-0.4, -0.2) is 13.5 Å². The standard InChI is InChI=1S/C6H9N3O3S/c7-5-3-4(10)1-2-6(5)9-13(8,11)12/h1-3,9-10H,7H2,(H2,8,11,12). The van der Waals surface area contributed by atoms with Gasteiger partial charge >= 0.3 is 0 Å². The van der Waals surface area contributed by atoms with Gasteiger partial charge in [0.2, 0.25) is 0 Å². The monoisotopic (exact) mass is 203 g/mol. The lowest BCUT2D eigenvalue weighted by molar-refractivity contribution is 0.475. The van der Waals surface area contributed by atoms with Crippen molar-refractivity contribution < 1.29 is 13.5 Å². The fourth-order valence-electron chi connectivity index (χ4n) is 0.796. The van der Waals surface area contributed by atoms with Crippen LogP contribution in [-0.2, 0) is 10.2 Å². The largest absolute Gasteiger partial charge is 0.508 e. The zero-order chi connectivity index (χ0) is 10.1. The number of phenols is 1. The van der Waals surface area contributed by atoms with Gasteiger partial charge in [0.15, 0.2) is 0 Å². The topological polar surface area (TPSA) is 118 Å². The van der Waals surface area contributed by atoms with Crippen LogP contribution in [0.15, 0.2) is 18.2 Å². The Morgan fingerprint density at radius 3 is 2.46 bits per heavy atom. The summed E-state index contributed by atoms with van der Waals surface area (Å²) in [4.78, 5) is 0. The Bertz CT molecular complexity index is 415. The van der Waals surface area contributed by atoms with E-state index in [1.165, 1.54) is 18.2 Å². The van der Waals surface area contributed by atoms with Gasteiger partial charge in [-0.05, 0) is 12.1 Å². The van der Waals surface area contributed by atoms with Gasteiger partial charge in [0.25, 0.3) is 10.2 Å². The number of nitrogens with one attached hydrogen (secondary N) is 1. The third-order valence-electron chi connectivity index (χ3n) is 1.29. The minimum absolute atomic E-state index is 0.0440. The third-order valence-corrected chi connectivity index (χ3v) is 1.79. The first-order valence-electron chi connectivity index (χ1n) is 3.27. The van der Waals surface area contributed by atoms with E-state index in [0.717, 1.165) is 0 Å². The highest BCUT2D eigenvalue weighted by Gasteiger charge is 2.05. The van der Waals surface area contributed by atoms with Gasteiger partial charge in [-0.1, -0.05) is 0 Å². The van der Waals surface area contributed by atoms with Gasteiger partial charge in [-0.3, -0.25) is 4.72 Å². The second-order valence-corrected chi connectivity index (χ2v) is 3.71. The molecule has 0 saturated heterocycles. The molecule has 1 aromatic carbocycles. The van der Waals surface area contributed by atoms with Gasteiger partial charge in [0, 0.05) is 6.07 Å². The summed E-state index contributed by atoms with van der Waals surface area (Å²) < 4.78 is 23.2. The number of hydrogen-bond donors (Lipinski definition) is 4. The summed E-state index contributed by atoms with van der Waals surface area (Å²) in [5, 5.41) is 13.7. The first-order chi connectivity index (χ1) is 5.88. The predicted molar refractivity (Wildman–Crippen MR) is 49.2 cm³/mol. The lowest BCUT2D eigenvalue weighted by Crippen LogP contribution is -2.22. The van der Waals surface area contributed by atoms with Crippen LogP contribution < -0.4 is 15.6 Å². The number of nitrogens with two attached hydrogens (primary N) is 2. The molecule has 72 valence electrons. The van der Waals surface area contributed by atoms with E-state index in [-0.39, 0.29) is 17.1 Å². The molecule has 0 radical (unpaired) electrons. The molecule has 0 spiro atoms. The summed E-state index contributed by atoms with van der Waals surface area (Å²) in [6.45, 7) is 0. The molecule has 0 bridgehead atoms. The Hall–Kier alpha value is -1.47. The molecular formula is C6H9N3O3S. The molecule has 0 atom stereocenters. The number of nitrogen functional groups attached to an aromatic ring is 1. The quantitative estimate of drug-likeness (QED) is 0.386. The minimum atomic E-state index is -3.82. The van der Waals surface area contributed by atoms with Crippen LogP contribution in [0, 0.1) is 0 Å². The fourth-order valence-corrected chi connectivity index (χ4v) is 1.29. The van der Waals surface area contributed by atoms with E-state index >= 15 is 0 Å². The second kappa shape index (κ2) is 3.11. The molecule has 0 aliphatic rings. The summed E-state index contributed by atoms with van der Waals surface area (Å²) in [5.74, 6) is -0.0440. The molecule has 1 rings (SSSR count). The molecule has 1 aromatic rings. The Balaban J connectivity index is 3.04. The van der Waals surface area contributed by atoms with Crippen molar-refractivity contribution in [1.29, 1.82) is 0 Å². The highest BCUT2D eigenvalue weighted by Crippen LogP contribution is 2.23. The number of anilines is 2. The average molecular weight is 203 g/mol. The number of rotatable bonds is 2. The Morgan fingerprint density at radius 2 is 2.00 bits per heavy atom. The van der Waals surface area contributed by atoms with E-state index < -0.39 is 10.2 Å². The third kappa shape index (κ3) is 2.80. The number of phenolic OH excluding ortho intramolecular Hbond substituents is 1. The molecule has 0 heterocycles. The van der Waals surface area contributed by atoms with E-state index in [1.54, 1.807) is 0 Å². The summed E-state index contributed by atoms with van der Waals surface area (Å²) in [6.07, 6.45) is 0. The van der Waals surface area contributed by atoms with Crippen LogP contribution in [0.25, 0.3) is 0 Å². The van der Waals surface area contributed by atoms with Crippen molar-refractivity contribution in [2.24, 2.45) is 5.14 Å². The molecule has 0 aliphatic carbocycles. The summed E-state index contributed by atoms with van der Waals surface area (Å²) in [7, 11) is -3.82. The molecule has 6 N–H and O–H groups in total. The van der Waals surface area contributed by atoms with Crippen molar-refractivity contribution in [1.82, 2.24) is 0 Å². The zero-order valence-electron chi connectivity index (χ0n) is 6.56. The van der Waals surface area contributed by atoms with Crippen LogP contribution in [0.5, 0.6) is 5.75 Å². The van der Waals surface area contributed by atoms with Crippen LogP contribution in [0.4, 0.5) is 11.4 Å². The van der Waals surface area contributed by atoms with E-state index in [1.807, 2.05) is 4.72 Å². The molecule has 0 saturated carbocycles. The highest BCUT2D eigenvalue weighted by molar-refractivity contribution is 7.90. The van der Waals surface area contributed by atoms with E-state index in [2.05, 4.69) is 0 Å². The summed E-state index contributed by atoms with van der Waals surface area (Å²) >= 11 is 0. The maximum absolute atomic E-state index is 10.6. The second-order valence-electron chi connectivity index (χ2n) is 2.42. The molecule has 0 aromatic heterocycles. The number of aromatic hydroxyl groups is 1. The van der Waals surface area contributed by atoms with Crippen LogP contribution >= 0.6 is 0 Å². The molecule has 0 unspecified atom stereocenters. The van der Waals surface area contributed by atoms with E-state index in [0.29, 0.717) is 0 Å². The zero-order valence-corrected chi connectivity index (χ0v) is 7.38. The van der Waals surface area contributed by atoms with Crippen molar-refractivity contribution in [3.63, 3.8) is 0 Å². The van der Waals surface area contributed by atoms with Gasteiger partial charge < -0.3 is 10.8 Å². The molecular weight excluding hydrogens is 194 g/mol. The maximum Gasteiger partial charge on any atom is 0.296 e. The fraction of sp³-hybridized carbons (Fsp3) is 0. The first kappa shape index (κ1) is 9.62. The van der Waals surface area contributed by atoms with Crippen LogP contribution in [0.3, 0.4) is 0 Å². The van der Waals surface area contributed by atoms with Gasteiger partial charge in [-0.15, -0.1) is 0 Å². The van der Waals surface area contributed by atoms with Crippen molar-refractivity contribution in [2.75, 3.05) is 10.5 Å². The van der Waals surface area contributed by atoms with Crippen LogP contribution in [0.1, 0.15) is 0 Å².